The quantitative estimate of drug-likeness (QED) is 0.735. The molecule has 0 aromatic carbocycles. The minimum absolute atomic E-state index is 0.134. The maximum Gasteiger partial charge on any atom is 0.243 e. The maximum atomic E-state index is 11.9. The number of sulfonamides is 1. The molecule has 6 nitrogen and oxygen atoms in total. The first-order valence-corrected chi connectivity index (χ1v) is 7.90. The molecule has 7 heteroatoms. The zero-order chi connectivity index (χ0) is 12.6. The van der Waals surface area contributed by atoms with E-state index in [0.29, 0.717) is 12.6 Å². The molecule has 0 saturated heterocycles. The van der Waals surface area contributed by atoms with Gasteiger partial charge in [-0.2, -0.15) is 5.10 Å². The molecule has 2 N–H and O–H groups in total. The van der Waals surface area contributed by atoms with Crippen molar-refractivity contribution in [1.82, 2.24) is 19.8 Å². The van der Waals surface area contributed by atoms with Gasteiger partial charge in [-0.15, -0.1) is 0 Å². The van der Waals surface area contributed by atoms with E-state index in [-0.39, 0.29) is 10.9 Å². The summed E-state index contributed by atoms with van der Waals surface area (Å²) < 4.78 is 28.1. The lowest BCUT2D eigenvalue weighted by Gasteiger charge is -2.03. The Hall–Kier alpha value is -0.920. The Balaban J connectivity index is 1.57. The molecule has 0 spiro atoms. The van der Waals surface area contributed by atoms with Crippen LogP contribution in [0.25, 0.3) is 0 Å². The summed E-state index contributed by atoms with van der Waals surface area (Å²) in [6.45, 7) is 1.54. The van der Waals surface area contributed by atoms with E-state index in [1.165, 1.54) is 19.0 Å². The Morgan fingerprint density at radius 2 is 2.00 bits per heavy atom. The van der Waals surface area contributed by atoms with Crippen LogP contribution in [0.3, 0.4) is 0 Å². The summed E-state index contributed by atoms with van der Waals surface area (Å²) in [6, 6.07) is 0.801. The highest BCUT2D eigenvalue weighted by atomic mass is 32.2. The van der Waals surface area contributed by atoms with Crippen LogP contribution >= 0.6 is 0 Å². The third-order valence-electron chi connectivity index (χ3n) is 3.17. The predicted octanol–water partition coefficient (Wildman–Crippen LogP) is 0.0758. The van der Waals surface area contributed by atoms with Crippen molar-refractivity contribution in [2.75, 3.05) is 6.54 Å². The standard InChI is InChI=1S/C11H18N4O2S/c16-18(17,14-10-3-4-10)11-7-13-15(8-11)6-5-12-9-1-2-9/h7-10,12,14H,1-6H2. The second-order valence-corrected chi connectivity index (χ2v) is 6.78. The van der Waals surface area contributed by atoms with E-state index >= 15 is 0 Å². The minimum atomic E-state index is -3.36. The summed E-state index contributed by atoms with van der Waals surface area (Å²) in [6.07, 6.45) is 7.41. The summed E-state index contributed by atoms with van der Waals surface area (Å²) >= 11 is 0. The molecule has 0 radical (unpaired) electrons. The van der Waals surface area contributed by atoms with Crippen molar-refractivity contribution in [2.24, 2.45) is 0 Å². The molecule has 2 saturated carbocycles. The number of hydrogen-bond donors (Lipinski definition) is 2. The van der Waals surface area contributed by atoms with E-state index in [1.54, 1.807) is 10.9 Å². The van der Waals surface area contributed by atoms with Crippen molar-refractivity contribution in [3.8, 4) is 0 Å². The van der Waals surface area contributed by atoms with Gasteiger partial charge in [0.15, 0.2) is 0 Å². The summed E-state index contributed by atoms with van der Waals surface area (Å²) in [5.41, 5.74) is 0. The first kappa shape index (κ1) is 12.1. The molecule has 2 aliphatic rings. The Morgan fingerprint density at radius 3 is 2.67 bits per heavy atom. The summed E-state index contributed by atoms with van der Waals surface area (Å²) in [5, 5.41) is 7.45. The summed E-state index contributed by atoms with van der Waals surface area (Å²) in [4.78, 5) is 0.265. The molecule has 1 aromatic heterocycles. The number of nitrogens with one attached hydrogen (secondary N) is 2. The van der Waals surface area contributed by atoms with E-state index in [1.807, 2.05) is 0 Å². The van der Waals surface area contributed by atoms with E-state index in [9.17, 15) is 8.42 Å². The van der Waals surface area contributed by atoms with Gasteiger partial charge in [0, 0.05) is 24.8 Å². The van der Waals surface area contributed by atoms with Crippen molar-refractivity contribution in [3.63, 3.8) is 0 Å². The second-order valence-electron chi connectivity index (χ2n) is 5.06. The number of aromatic nitrogens is 2. The smallest absolute Gasteiger partial charge is 0.243 e. The lowest BCUT2D eigenvalue weighted by atomic mass is 10.6. The average molecular weight is 270 g/mol. The molecule has 0 bridgehead atoms. The van der Waals surface area contributed by atoms with Crippen LogP contribution in [0.5, 0.6) is 0 Å². The molecule has 1 aromatic rings. The highest BCUT2D eigenvalue weighted by Crippen LogP contribution is 2.22. The highest BCUT2D eigenvalue weighted by Gasteiger charge is 2.28. The Labute approximate surface area is 107 Å². The molecular weight excluding hydrogens is 252 g/mol. The van der Waals surface area contributed by atoms with Crippen molar-refractivity contribution in [1.29, 1.82) is 0 Å². The van der Waals surface area contributed by atoms with Gasteiger partial charge in [-0.05, 0) is 25.7 Å². The van der Waals surface area contributed by atoms with Gasteiger partial charge >= 0.3 is 0 Å². The summed E-state index contributed by atoms with van der Waals surface area (Å²) in [7, 11) is -3.36. The molecule has 2 fully saturated rings. The zero-order valence-electron chi connectivity index (χ0n) is 10.2. The molecule has 0 aliphatic heterocycles. The van der Waals surface area contributed by atoms with Crippen LogP contribution in [0.2, 0.25) is 0 Å². The van der Waals surface area contributed by atoms with Gasteiger partial charge in [0.2, 0.25) is 10.0 Å². The van der Waals surface area contributed by atoms with E-state index in [2.05, 4.69) is 15.1 Å². The molecule has 2 aliphatic carbocycles. The summed E-state index contributed by atoms with van der Waals surface area (Å²) in [5.74, 6) is 0. The van der Waals surface area contributed by atoms with Gasteiger partial charge in [-0.1, -0.05) is 0 Å². The van der Waals surface area contributed by atoms with Gasteiger partial charge in [-0.25, -0.2) is 13.1 Å². The molecule has 0 atom stereocenters. The topological polar surface area (TPSA) is 76.0 Å². The van der Waals surface area contributed by atoms with Gasteiger partial charge in [0.05, 0.1) is 12.7 Å². The molecule has 18 heavy (non-hydrogen) atoms. The minimum Gasteiger partial charge on any atom is -0.312 e. The molecule has 0 amide bonds. The third kappa shape index (κ3) is 3.09. The SMILES string of the molecule is O=S(=O)(NC1CC1)c1cnn(CCNC2CC2)c1. The average Bonchev–Trinajstić information content (AvgIpc) is 3.21. The largest absolute Gasteiger partial charge is 0.312 e. The van der Waals surface area contributed by atoms with Crippen molar-refractivity contribution in [3.05, 3.63) is 12.4 Å². The van der Waals surface area contributed by atoms with Crippen LogP contribution in [0, 0.1) is 0 Å². The Bertz CT molecular complexity index is 517. The fourth-order valence-corrected chi connectivity index (χ4v) is 3.02. The fraction of sp³-hybridized carbons (Fsp3) is 0.727. The normalized spacial score (nSPS) is 20.2. The molecule has 3 rings (SSSR count). The monoisotopic (exact) mass is 270 g/mol. The number of rotatable bonds is 7. The van der Waals surface area contributed by atoms with Crippen LogP contribution in [0.4, 0.5) is 0 Å². The van der Waals surface area contributed by atoms with Crippen molar-refractivity contribution < 1.29 is 8.42 Å². The van der Waals surface area contributed by atoms with Gasteiger partial charge in [0.1, 0.15) is 4.90 Å². The lowest BCUT2D eigenvalue weighted by Crippen LogP contribution is -2.25. The maximum absolute atomic E-state index is 11.9. The second kappa shape index (κ2) is 4.64. The zero-order valence-corrected chi connectivity index (χ0v) is 11.0. The predicted molar refractivity (Wildman–Crippen MR) is 66.6 cm³/mol. The van der Waals surface area contributed by atoms with E-state index in [0.717, 1.165) is 19.4 Å². The van der Waals surface area contributed by atoms with Gasteiger partial charge in [-0.3, -0.25) is 4.68 Å². The number of hydrogen-bond acceptors (Lipinski definition) is 4. The number of nitrogens with zero attached hydrogens (tertiary/aromatic N) is 2. The van der Waals surface area contributed by atoms with Gasteiger partial charge < -0.3 is 5.32 Å². The lowest BCUT2D eigenvalue weighted by molar-refractivity contribution is 0.551. The highest BCUT2D eigenvalue weighted by molar-refractivity contribution is 7.89. The fourth-order valence-electron chi connectivity index (χ4n) is 1.76. The van der Waals surface area contributed by atoms with Crippen LogP contribution in [0.1, 0.15) is 25.7 Å². The van der Waals surface area contributed by atoms with Crippen LogP contribution < -0.4 is 10.0 Å². The van der Waals surface area contributed by atoms with E-state index < -0.39 is 10.0 Å². The van der Waals surface area contributed by atoms with Crippen molar-refractivity contribution >= 4 is 10.0 Å². The Kier molecular flexibility index (Phi) is 3.13. The van der Waals surface area contributed by atoms with E-state index in [4.69, 9.17) is 0 Å². The molecular formula is C11H18N4O2S. The molecule has 100 valence electrons. The Morgan fingerprint density at radius 1 is 1.28 bits per heavy atom. The van der Waals surface area contributed by atoms with Crippen LogP contribution in [-0.2, 0) is 16.6 Å². The molecule has 1 heterocycles. The third-order valence-corrected chi connectivity index (χ3v) is 4.65. The first-order chi connectivity index (χ1) is 8.63. The van der Waals surface area contributed by atoms with Crippen LogP contribution in [0.15, 0.2) is 17.3 Å². The van der Waals surface area contributed by atoms with Gasteiger partial charge in [0.25, 0.3) is 0 Å². The first-order valence-electron chi connectivity index (χ1n) is 6.42. The van der Waals surface area contributed by atoms with Crippen molar-refractivity contribution in [2.45, 2.75) is 49.2 Å². The molecule has 0 unspecified atom stereocenters. The van der Waals surface area contributed by atoms with Crippen LogP contribution in [-0.4, -0.2) is 36.8 Å².